The van der Waals surface area contributed by atoms with E-state index in [-0.39, 0.29) is 18.7 Å². The van der Waals surface area contributed by atoms with Gasteiger partial charge in [-0.1, -0.05) is 24.3 Å². The van der Waals surface area contributed by atoms with Crippen LogP contribution in [0.1, 0.15) is 37.9 Å². The lowest BCUT2D eigenvalue weighted by Crippen LogP contribution is -2.36. The summed E-state index contributed by atoms with van der Waals surface area (Å²) in [6, 6.07) is 7.48. The fraction of sp³-hybridized carbons (Fsp3) is 0.500. The molecule has 1 heterocycles. The molecule has 1 N–H and O–H groups in total. The lowest BCUT2D eigenvalue weighted by Gasteiger charge is -2.28. The Labute approximate surface area is 107 Å². The molecule has 1 aromatic carbocycles. The SMILES string of the molecule is CC(C)(C)OC(=O)N1Cc2ccccc2[C@H]1CO. The average Bonchev–Trinajstić information content (AvgIpc) is 2.65. The van der Waals surface area contributed by atoms with Gasteiger partial charge in [-0.2, -0.15) is 0 Å². The van der Waals surface area contributed by atoms with Crippen molar-refractivity contribution in [2.75, 3.05) is 6.61 Å². The summed E-state index contributed by atoms with van der Waals surface area (Å²) in [5.74, 6) is 0. The van der Waals surface area contributed by atoms with Crippen LogP contribution in [-0.2, 0) is 11.3 Å². The number of ether oxygens (including phenoxy) is 1. The zero-order valence-corrected chi connectivity index (χ0v) is 11.0. The zero-order chi connectivity index (χ0) is 13.3. The number of aliphatic hydroxyl groups excluding tert-OH is 1. The molecule has 0 unspecified atom stereocenters. The Hall–Kier alpha value is -1.55. The molecule has 4 nitrogen and oxygen atoms in total. The van der Waals surface area contributed by atoms with E-state index in [0.717, 1.165) is 11.1 Å². The summed E-state index contributed by atoms with van der Waals surface area (Å²) in [4.78, 5) is 13.7. The zero-order valence-electron chi connectivity index (χ0n) is 11.0. The second-order valence-electron chi connectivity index (χ2n) is 5.51. The van der Waals surface area contributed by atoms with Gasteiger partial charge < -0.3 is 9.84 Å². The highest BCUT2D eigenvalue weighted by molar-refractivity contribution is 5.70. The molecule has 0 saturated carbocycles. The number of hydrogen-bond acceptors (Lipinski definition) is 3. The van der Waals surface area contributed by atoms with Gasteiger partial charge in [-0.3, -0.25) is 4.90 Å². The smallest absolute Gasteiger partial charge is 0.411 e. The maximum absolute atomic E-state index is 12.1. The number of hydrogen-bond donors (Lipinski definition) is 1. The van der Waals surface area contributed by atoms with Crippen LogP contribution in [0.25, 0.3) is 0 Å². The minimum atomic E-state index is -0.522. The van der Waals surface area contributed by atoms with Crippen LogP contribution in [0.3, 0.4) is 0 Å². The van der Waals surface area contributed by atoms with E-state index in [4.69, 9.17) is 4.74 Å². The Balaban J connectivity index is 2.20. The van der Waals surface area contributed by atoms with Gasteiger partial charge in [-0.25, -0.2) is 4.79 Å². The van der Waals surface area contributed by atoms with Crippen molar-refractivity contribution >= 4 is 6.09 Å². The number of fused-ring (bicyclic) bond motifs is 1. The van der Waals surface area contributed by atoms with E-state index in [9.17, 15) is 9.90 Å². The third-order valence-electron chi connectivity index (χ3n) is 2.93. The summed E-state index contributed by atoms with van der Waals surface area (Å²) >= 11 is 0. The first-order chi connectivity index (χ1) is 8.42. The van der Waals surface area contributed by atoms with E-state index in [1.807, 2.05) is 45.0 Å². The molecular formula is C14H19NO3. The molecule has 0 aromatic heterocycles. The topological polar surface area (TPSA) is 49.8 Å². The fourth-order valence-corrected chi connectivity index (χ4v) is 2.17. The second kappa shape index (κ2) is 4.61. The summed E-state index contributed by atoms with van der Waals surface area (Å²) in [5, 5.41) is 9.48. The molecule has 2 rings (SSSR count). The first kappa shape index (κ1) is 12.9. The first-order valence-electron chi connectivity index (χ1n) is 6.10. The Morgan fingerprint density at radius 2 is 2.11 bits per heavy atom. The molecule has 0 aliphatic carbocycles. The third kappa shape index (κ3) is 2.48. The summed E-state index contributed by atoms with van der Waals surface area (Å²) in [6.45, 7) is 5.92. The molecule has 0 bridgehead atoms. The van der Waals surface area contributed by atoms with Gasteiger partial charge in [-0.15, -0.1) is 0 Å². The molecule has 1 aliphatic rings. The fourth-order valence-electron chi connectivity index (χ4n) is 2.17. The van der Waals surface area contributed by atoms with Crippen LogP contribution in [0.4, 0.5) is 4.79 Å². The Bertz CT molecular complexity index is 451. The Morgan fingerprint density at radius 3 is 2.72 bits per heavy atom. The largest absolute Gasteiger partial charge is 0.444 e. The standard InChI is InChI=1S/C14H19NO3/c1-14(2,3)18-13(17)15-8-10-6-4-5-7-11(10)12(15)9-16/h4-7,12,16H,8-9H2,1-3H3/t12-/m1/s1. The van der Waals surface area contributed by atoms with Crippen LogP contribution in [0.15, 0.2) is 24.3 Å². The van der Waals surface area contributed by atoms with Gasteiger partial charge in [0.05, 0.1) is 19.2 Å². The number of carbonyl (C=O) groups excluding carboxylic acids is 1. The van der Waals surface area contributed by atoms with Crippen LogP contribution >= 0.6 is 0 Å². The minimum Gasteiger partial charge on any atom is -0.444 e. The summed E-state index contributed by atoms with van der Waals surface area (Å²) in [7, 11) is 0. The van der Waals surface area contributed by atoms with E-state index in [1.165, 1.54) is 0 Å². The highest BCUT2D eigenvalue weighted by Crippen LogP contribution is 2.34. The Kier molecular flexibility index (Phi) is 3.30. The lowest BCUT2D eigenvalue weighted by molar-refractivity contribution is 0.0111. The number of nitrogens with zero attached hydrogens (tertiary/aromatic N) is 1. The van der Waals surface area contributed by atoms with Gasteiger partial charge in [-0.05, 0) is 31.9 Å². The second-order valence-corrected chi connectivity index (χ2v) is 5.51. The maximum atomic E-state index is 12.1. The van der Waals surface area contributed by atoms with Gasteiger partial charge in [0.15, 0.2) is 0 Å². The van der Waals surface area contributed by atoms with E-state index in [2.05, 4.69) is 0 Å². The van der Waals surface area contributed by atoms with Crippen molar-refractivity contribution in [3.63, 3.8) is 0 Å². The van der Waals surface area contributed by atoms with Crippen LogP contribution < -0.4 is 0 Å². The molecule has 1 atom stereocenters. The minimum absolute atomic E-state index is 0.0870. The molecule has 0 spiro atoms. The normalized spacial score (nSPS) is 18.7. The van der Waals surface area contributed by atoms with E-state index in [0.29, 0.717) is 6.54 Å². The van der Waals surface area contributed by atoms with Gasteiger partial charge >= 0.3 is 6.09 Å². The quantitative estimate of drug-likeness (QED) is 0.831. The molecular weight excluding hydrogens is 230 g/mol. The van der Waals surface area contributed by atoms with Gasteiger partial charge in [0.25, 0.3) is 0 Å². The van der Waals surface area contributed by atoms with Crippen molar-refractivity contribution in [2.24, 2.45) is 0 Å². The first-order valence-corrected chi connectivity index (χ1v) is 6.10. The van der Waals surface area contributed by atoms with Crippen LogP contribution in [0.5, 0.6) is 0 Å². The molecule has 98 valence electrons. The number of amides is 1. The highest BCUT2D eigenvalue weighted by atomic mass is 16.6. The number of aliphatic hydroxyl groups is 1. The van der Waals surface area contributed by atoms with Crippen LogP contribution in [0, 0.1) is 0 Å². The number of rotatable bonds is 1. The number of carbonyl (C=O) groups is 1. The lowest BCUT2D eigenvalue weighted by atomic mass is 10.1. The van der Waals surface area contributed by atoms with Crippen molar-refractivity contribution in [2.45, 2.75) is 39.0 Å². The van der Waals surface area contributed by atoms with E-state index < -0.39 is 5.60 Å². The van der Waals surface area contributed by atoms with Gasteiger partial charge in [0, 0.05) is 0 Å². The maximum Gasteiger partial charge on any atom is 0.411 e. The van der Waals surface area contributed by atoms with Crippen LogP contribution in [-0.4, -0.2) is 28.3 Å². The van der Waals surface area contributed by atoms with E-state index >= 15 is 0 Å². The van der Waals surface area contributed by atoms with Crippen LogP contribution in [0.2, 0.25) is 0 Å². The molecule has 18 heavy (non-hydrogen) atoms. The monoisotopic (exact) mass is 249 g/mol. The summed E-state index contributed by atoms with van der Waals surface area (Å²) in [5.41, 5.74) is 1.56. The molecule has 0 fully saturated rings. The Morgan fingerprint density at radius 1 is 1.44 bits per heavy atom. The van der Waals surface area contributed by atoms with Crippen molar-refractivity contribution in [1.82, 2.24) is 4.90 Å². The van der Waals surface area contributed by atoms with Gasteiger partial charge in [0.1, 0.15) is 5.60 Å². The predicted molar refractivity (Wildman–Crippen MR) is 68.0 cm³/mol. The average molecular weight is 249 g/mol. The summed E-state index contributed by atoms with van der Waals surface area (Å²) in [6.07, 6.45) is -0.377. The molecule has 1 amide bonds. The number of benzene rings is 1. The molecule has 1 aliphatic heterocycles. The third-order valence-corrected chi connectivity index (χ3v) is 2.93. The molecule has 1 aromatic rings. The van der Waals surface area contributed by atoms with Crippen molar-refractivity contribution in [1.29, 1.82) is 0 Å². The molecule has 0 radical (unpaired) electrons. The predicted octanol–water partition coefficient (Wildman–Crippen LogP) is 2.47. The highest BCUT2D eigenvalue weighted by Gasteiger charge is 2.35. The summed E-state index contributed by atoms with van der Waals surface area (Å²) < 4.78 is 5.36. The van der Waals surface area contributed by atoms with Crippen molar-refractivity contribution < 1.29 is 14.6 Å². The van der Waals surface area contributed by atoms with Gasteiger partial charge in [0.2, 0.25) is 0 Å². The molecule has 4 heteroatoms. The molecule has 0 saturated heterocycles. The van der Waals surface area contributed by atoms with Crippen molar-refractivity contribution in [3.05, 3.63) is 35.4 Å². The van der Waals surface area contributed by atoms with Crippen molar-refractivity contribution in [3.8, 4) is 0 Å². The van der Waals surface area contributed by atoms with E-state index in [1.54, 1.807) is 4.90 Å².